The van der Waals surface area contributed by atoms with Crippen molar-refractivity contribution in [2.24, 2.45) is 12.8 Å². The quantitative estimate of drug-likeness (QED) is 0.819. The predicted molar refractivity (Wildman–Crippen MR) is 61.4 cm³/mol. The third-order valence-corrected chi connectivity index (χ3v) is 2.54. The number of hydrogen-bond donors (Lipinski definition) is 1. The van der Waals surface area contributed by atoms with E-state index >= 15 is 0 Å². The third-order valence-electron chi connectivity index (χ3n) is 2.54. The maximum absolute atomic E-state index is 5.59. The van der Waals surface area contributed by atoms with Crippen LogP contribution in [0.2, 0.25) is 0 Å². The predicted octanol–water partition coefficient (Wildman–Crippen LogP) is 1.59. The van der Waals surface area contributed by atoms with E-state index in [9.17, 15) is 0 Å². The molecule has 0 unspecified atom stereocenters. The number of rotatable bonds is 3. The van der Waals surface area contributed by atoms with E-state index in [-0.39, 0.29) is 0 Å². The Morgan fingerprint density at radius 2 is 2.27 bits per heavy atom. The Morgan fingerprint density at radius 3 is 2.93 bits per heavy atom. The molecule has 0 bridgehead atoms. The smallest absolute Gasteiger partial charge is 0.0481 e. The van der Waals surface area contributed by atoms with Gasteiger partial charge in [-0.3, -0.25) is 4.98 Å². The standard InChI is InChI=1S/C12H15N3/c1-15-8-2-3-12(15)11-5-7-14-9-10(11)4-6-13/h2-3,5,7-9H,4,6,13H2,1H3. The fourth-order valence-electron chi connectivity index (χ4n) is 1.77. The van der Waals surface area contributed by atoms with Crippen molar-refractivity contribution in [3.8, 4) is 11.3 Å². The molecule has 15 heavy (non-hydrogen) atoms. The molecule has 2 aromatic heterocycles. The third kappa shape index (κ3) is 1.92. The van der Waals surface area contributed by atoms with E-state index in [1.807, 2.05) is 37.8 Å². The van der Waals surface area contributed by atoms with E-state index in [1.165, 1.54) is 16.8 Å². The molecule has 3 heteroatoms. The van der Waals surface area contributed by atoms with Crippen molar-refractivity contribution >= 4 is 0 Å². The van der Waals surface area contributed by atoms with Gasteiger partial charge in [-0.1, -0.05) is 0 Å². The Kier molecular flexibility index (Phi) is 2.83. The van der Waals surface area contributed by atoms with E-state index in [0.717, 1.165) is 6.42 Å². The number of pyridine rings is 1. The van der Waals surface area contributed by atoms with E-state index in [4.69, 9.17) is 5.73 Å². The molecule has 0 spiro atoms. The first-order valence-electron chi connectivity index (χ1n) is 5.07. The van der Waals surface area contributed by atoms with E-state index in [0.29, 0.717) is 6.54 Å². The van der Waals surface area contributed by atoms with Crippen LogP contribution >= 0.6 is 0 Å². The van der Waals surface area contributed by atoms with Gasteiger partial charge in [-0.05, 0) is 36.7 Å². The van der Waals surface area contributed by atoms with Crippen LogP contribution in [0.5, 0.6) is 0 Å². The van der Waals surface area contributed by atoms with Gasteiger partial charge in [0.15, 0.2) is 0 Å². The number of aromatic nitrogens is 2. The molecule has 0 radical (unpaired) electrons. The SMILES string of the molecule is Cn1cccc1-c1ccncc1CCN. The highest BCUT2D eigenvalue weighted by atomic mass is 14.9. The van der Waals surface area contributed by atoms with Crippen LogP contribution in [-0.2, 0) is 13.5 Å². The maximum Gasteiger partial charge on any atom is 0.0481 e. The lowest BCUT2D eigenvalue weighted by Gasteiger charge is -2.08. The molecule has 0 fully saturated rings. The lowest BCUT2D eigenvalue weighted by Crippen LogP contribution is -2.05. The summed E-state index contributed by atoms with van der Waals surface area (Å²) in [6, 6.07) is 6.19. The molecule has 2 aromatic rings. The van der Waals surface area contributed by atoms with Crippen molar-refractivity contribution in [1.82, 2.24) is 9.55 Å². The Balaban J connectivity index is 2.48. The minimum atomic E-state index is 0.656. The largest absolute Gasteiger partial charge is 0.351 e. The van der Waals surface area contributed by atoms with E-state index in [2.05, 4.69) is 15.6 Å². The summed E-state index contributed by atoms with van der Waals surface area (Å²) in [6.45, 7) is 0.656. The minimum absolute atomic E-state index is 0.656. The van der Waals surface area contributed by atoms with Crippen molar-refractivity contribution in [3.63, 3.8) is 0 Å². The van der Waals surface area contributed by atoms with Crippen molar-refractivity contribution in [2.45, 2.75) is 6.42 Å². The van der Waals surface area contributed by atoms with Crippen molar-refractivity contribution in [2.75, 3.05) is 6.54 Å². The number of aryl methyl sites for hydroxylation is 1. The zero-order chi connectivity index (χ0) is 10.7. The van der Waals surface area contributed by atoms with Gasteiger partial charge in [-0.15, -0.1) is 0 Å². The summed E-state index contributed by atoms with van der Waals surface area (Å²) in [4.78, 5) is 4.14. The normalized spacial score (nSPS) is 10.5. The van der Waals surface area contributed by atoms with Crippen LogP contribution in [0.4, 0.5) is 0 Å². The lowest BCUT2D eigenvalue weighted by molar-refractivity contribution is 0.921. The van der Waals surface area contributed by atoms with Crippen LogP contribution in [0.15, 0.2) is 36.8 Å². The van der Waals surface area contributed by atoms with E-state index < -0.39 is 0 Å². The van der Waals surface area contributed by atoms with Crippen LogP contribution in [0.25, 0.3) is 11.3 Å². The first-order valence-corrected chi connectivity index (χ1v) is 5.07. The van der Waals surface area contributed by atoms with Gasteiger partial charge >= 0.3 is 0 Å². The molecule has 78 valence electrons. The summed E-state index contributed by atoms with van der Waals surface area (Å²) in [5, 5.41) is 0. The molecular weight excluding hydrogens is 186 g/mol. The molecule has 2 N–H and O–H groups in total. The van der Waals surface area contributed by atoms with Crippen LogP contribution in [-0.4, -0.2) is 16.1 Å². The second-order valence-electron chi connectivity index (χ2n) is 3.58. The van der Waals surface area contributed by atoms with Gasteiger partial charge < -0.3 is 10.3 Å². The second kappa shape index (κ2) is 4.28. The van der Waals surface area contributed by atoms with Gasteiger partial charge in [0.1, 0.15) is 0 Å². The molecule has 0 saturated carbocycles. The number of nitrogens with zero attached hydrogens (tertiary/aromatic N) is 2. The molecule has 0 atom stereocenters. The monoisotopic (exact) mass is 201 g/mol. The Hall–Kier alpha value is -1.61. The summed E-state index contributed by atoms with van der Waals surface area (Å²) in [5.74, 6) is 0. The summed E-state index contributed by atoms with van der Waals surface area (Å²) in [7, 11) is 2.04. The summed E-state index contributed by atoms with van der Waals surface area (Å²) >= 11 is 0. The van der Waals surface area contributed by atoms with Gasteiger partial charge in [0, 0.05) is 36.9 Å². The van der Waals surface area contributed by atoms with Crippen LogP contribution in [0, 0.1) is 0 Å². The highest BCUT2D eigenvalue weighted by Crippen LogP contribution is 2.22. The molecule has 0 aromatic carbocycles. The Bertz CT molecular complexity index is 446. The highest BCUT2D eigenvalue weighted by molar-refractivity contribution is 5.63. The van der Waals surface area contributed by atoms with Crippen LogP contribution in [0.3, 0.4) is 0 Å². The number of hydrogen-bond acceptors (Lipinski definition) is 2. The molecule has 2 heterocycles. The fraction of sp³-hybridized carbons (Fsp3) is 0.250. The fourth-order valence-corrected chi connectivity index (χ4v) is 1.77. The molecule has 0 aliphatic rings. The molecule has 0 aliphatic carbocycles. The second-order valence-corrected chi connectivity index (χ2v) is 3.58. The first-order chi connectivity index (χ1) is 7.33. The molecule has 2 rings (SSSR count). The topological polar surface area (TPSA) is 43.8 Å². The lowest BCUT2D eigenvalue weighted by atomic mass is 10.0. The van der Waals surface area contributed by atoms with Crippen LogP contribution < -0.4 is 5.73 Å². The van der Waals surface area contributed by atoms with Crippen molar-refractivity contribution in [1.29, 1.82) is 0 Å². The average Bonchev–Trinajstić information content (AvgIpc) is 2.66. The van der Waals surface area contributed by atoms with Crippen molar-refractivity contribution in [3.05, 3.63) is 42.4 Å². The molecular formula is C12H15N3. The zero-order valence-electron chi connectivity index (χ0n) is 8.85. The molecule has 0 aliphatic heterocycles. The van der Waals surface area contributed by atoms with Gasteiger partial charge in [0.05, 0.1) is 0 Å². The average molecular weight is 201 g/mol. The van der Waals surface area contributed by atoms with Crippen LogP contribution in [0.1, 0.15) is 5.56 Å². The van der Waals surface area contributed by atoms with Gasteiger partial charge in [0.25, 0.3) is 0 Å². The minimum Gasteiger partial charge on any atom is -0.351 e. The van der Waals surface area contributed by atoms with E-state index in [1.54, 1.807) is 0 Å². The van der Waals surface area contributed by atoms with Gasteiger partial charge in [-0.25, -0.2) is 0 Å². The molecule has 0 saturated heterocycles. The Labute approximate surface area is 89.6 Å². The van der Waals surface area contributed by atoms with Gasteiger partial charge in [-0.2, -0.15) is 0 Å². The number of nitrogens with two attached hydrogens (primary N) is 1. The Morgan fingerprint density at radius 1 is 1.40 bits per heavy atom. The summed E-state index contributed by atoms with van der Waals surface area (Å²) in [5.41, 5.74) is 9.23. The van der Waals surface area contributed by atoms with Gasteiger partial charge in [0.2, 0.25) is 0 Å². The highest BCUT2D eigenvalue weighted by Gasteiger charge is 2.06. The first kappa shape index (κ1) is 9.93. The summed E-state index contributed by atoms with van der Waals surface area (Å²) < 4.78 is 2.11. The maximum atomic E-state index is 5.59. The summed E-state index contributed by atoms with van der Waals surface area (Å²) in [6.07, 6.45) is 6.63. The zero-order valence-corrected chi connectivity index (χ0v) is 8.85. The molecule has 3 nitrogen and oxygen atoms in total. The van der Waals surface area contributed by atoms with Crippen molar-refractivity contribution < 1.29 is 0 Å². The molecule has 0 amide bonds.